The number of aliphatic imine (C=N–C) groups is 1. The van der Waals surface area contributed by atoms with Crippen molar-refractivity contribution in [2.75, 3.05) is 13.7 Å². The Morgan fingerprint density at radius 3 is 1.90 bits per heavy atom. The Bertz CT molecular complexity index is 879. The van der Waals surface area contributed by atoms with E-state index in [-0.39, 0.29) is 5.97 Å². The molecule has 0 aromatic carbocycles. The van der Waals surface area contributed by atoms with E-state index in [0.29, 0.717) is 18.9 Å². The lowest BCUT2D eigenvalue weighted by molar-refractivity contribution is -0.144. The topological polar surface area (TPSA) is 38.7 Å². The summed E-state index contributed by atoms with van der Waals surface area (Å²) in [6, 6.07) is 0. The van der Waals surface area contributed by atoms with Gasteiger partial charge in [-0.1, -0.05) is 172 Å². The predicted octanol–water partition coefficient (Wildman–Crippen LogP) is 14.9. The first kappa shape index (κ1) is 47.9. The number of rotatable bonds is 36. The van der Waals surface area contributed by atoms with Crippen LogP contribution in [0.3, 0.4) is 0 Å². The molecule has 0 amide bonds. The molecule has 288 valence electrons. The summed E-state index contributed by atoms with van der Waals surface area (Å²) in [5, 5.41) is 0. The van der Waals surface area contributed by atoms with Crippen molar-refractivity contribution in [2.24, 2.45) is 16.8 Å². The van der Waals surface area contributed by atoms with Crippen LogP contribution in [0.2, 0.25) is 0 Å². The monoisotopic (exact) mass is 694 g/mol. The third-order valence-electron chi connectivity index (χ3n) is 9.77. The average molecular weight is 694 g/mol. The Balaban J connectivity index is 4.03. The summed E-state index contributed by atoms with van der Waals surface area (Å²) < 4.78 is 5.64. The quantitative estimate of drug-likeness (QED) is 0.0215. The summed E-state index contributed by atoms with van der Waals surface area (Å²) in [4.78, 5) is 16.4. The van der Waals surface area contributed by atoms with E-state index in [1.807, 2.05) is 13.3 Å². The molecule has 0 radical (unpaired) electrons. The second-order valence-electron chi connectivity index (χ2n) is 14.6. The van der Waals surface area contributed by atoms with Crippen molar-refractivity contribution in [3.05, 3.63) is 36.5 Å². The number of hydrogen-bond acceptors (Lipinski definition) is 3. The van der Waals surface area contributed by atoms with Gasteiger partial charge in [-0.3, -0.25) is 4.79 Å². The summed E-state index contributed by atoms with van der Waals surface area (Å²) >= 11 is 0. The van der Waals surface area contributed by atoms with E-state index in [1.54, 1.807) is 0 Å². The molecule has 0 rings (SSSR count). The molecule has 1 atom stereocenters. The number of ether oxygens (including phenoxy) is 1. The Morgan fingerprint density at radius 1 is 0.620 bits per heavy atom. The SMILES string of the molecule is CCCCCC#CC/C=C\CCCCCC/C=C/CC(C=CC/C=N\C)CCCCCCCCC(=O)OCCC(CCCCC)CCCCC. The molecule has 0 aromatic rings. The van der Waals surface area contributed by atoms with Gasteiger partial charge < -0.3 is 9.73 Å². The van der Waals surface area contributed by atoms with Crippen LogP contribution in [-0.4, -0.2) is 25.8 Å². The summed E-state index contributed by atoms with van der Waals surface area (Å²) in [6.45, 7) is 7.40. The molecule has 1 unspecified atom stereocenters. The minimum atomic E-state index is 0.0134. The summed E-state index contributed by atoms with van der Waals surface area (Å²) in [7, 11) is 1.85. The molecule has 3 nitrogen and oxygen atoms in total. The molecular weight excluding hydrogens is 611 g/mol. The van der Waals surface area contributed by atoms with Crippen LogP contribution in [0.25, 0.3) is 0 Å². The zero-order valence-electron chi connectivity index (χ0n) is 33.9. The van der Waals surface area contributed by atoms with Crippen LogP contribution in [0.4, 0.5) is 0 Å². The van der Waals surface area contributed by atoms with Crippen molar-refractivity contribution >= 4 is 12.2 Å². The van der Waals surface area contributed by atoms with E-state index in [0.717, 1.165) is 50.9 Å². The second-order valence-corrected chi connectivity index (χ2v) is 14.6. The lowest BCUT2D eigenvalue weighted by atomic mass is 9.92. The van der Waals surface area contributed by atoms with Crippen LogP contribution in [-0.2, 0) is 9.53 Å². The number of carbonyl (C=O) groups is 1. The molecule has 0 bridgehead atoms. The molecule has 0 saturated carbocycles. The first-order valence-electron chi connectivity index (χ1n) is 21.7. The number of unbranched alkanes of at least 4 members (excludes halogenated alkanes) is 17. The van der Waals surface area contributed by atoms with Gasteiger partial charge >= 0.3 is 5.97 Å². The largest absolute Gasteiger partial charge is 0.466 e. The van der Waals surface area contributed by atoms with E-state index in [4.69, 9.17) is 4.74 Å². The van der Waals surface area contributed by atoms with Crippen molar-refractivity contribution < 1.29 is 9.53 Å². The Labute approximate surface area is 313 Å². The summed E-state index contributed by atoms with van der Waals surface area (Å²) in [5.41, 5.74) is 0. The molecule has 0 heterocycles. The molecule has 0 fully saturated rings. The maximum Gasteiger partial charge on any atom is 0.305 e. The molecule has 0 spiro atoms. The van der Waals surface area contributed by atoms with Crippen LogP contribution >= 0.6 is 0 Å². The van der Waals surface area contributed by atoms with Gasteiger partial charge in [-0.2, -0.15) is 0 Å². The minimum Gasteiger partial charge on any atom is -0.466 e. The van der Waals surface area contributed by atoms with Gasteiger partial charge in [0.15, 0.2) is 0 Å². The zero-order valence-corrected chi connectivity index (χ0v) is 33.9. The smallest absolute Gasteiger partial charge is 0.305 e. The number of allylic oxidation sites excluding steroid dienone is 6. The Morgan fingerprint density at radius 2 is 1.22 bits per heavy atom. The predicted molar refractivity (Wildman–Crippen MR) is 223 cm³/mol. The van der Waals surface area contributed by atoms with Crippen molar-refractivity contribution in [3.8, 4) is 11.8 Å². The average Bonchev–Trinajstić information content (AvgIpc) is 3.12. The molecule has 3 heteroatoms. The van der Waals surface area contributed by atoms with E-state index in [9.17, 15) is 4.79 Å². The van der Waals surface area contributed by atoms with Gasteiger partial charge in [-0.25, -0.2) is 0 Å². The van der Waals surface area contributed by atoms with Gasteiger partial charge in [-0.15, -0.1) is 5.92 Å². The van der Waals surface area contributed by atoms with Crippen LogP contribution in [0, 0.1) is 23.7 Å². The molecule has 0 aliphatic carbocycles. The van der Waals surface area contributed by atoms with Gasteiger partial charge in [0.1, 0.15) is 0 Å². The van der Waals surface area contributed by atoms with Gasteiger partial charge in [0.2, 0.25) is 0 Å². The number of nitrogens with zero attached hydrogens (tertiary/aromatic N) is 1. The second kappa shape index (κ2) is 41.3. The Hall–Kier alpha value is -2.08. The highest BCUT2D eigenvalue weighted by Crippen LogP contribution is 2.22. The number of carbonyl (C=O) groups excluding carboxylic acids is 1. The summed E-state index contributed by atoms with van der Waals surface area (Å²) in [6.07, 6.45) is 52.1. The maximum absolute atomic E-state index is 12.3. The molecular formula is C47H83NO2. The summed E-state index contributed by atoms with van der Waals surface area (Å²) in [5.74, 6) is 7.93. The van der Waals surface area contributed by atoms with Crippen molar-refractivity contribution in [2.45, 2.75) is 213 Å². The van der Waals surface area contributed by atoms with E-state index >= 15 is 0 Å². The lowest BCUT2D eigenvalue weighted by Gasteiger charge is -2.16. The number of hydrogen-bond donors (Lipinski definition) is 0. The molecule has 0 aromatic heterocycles. The lowest BCUT2D eigenvalue weighted by Crippen LogP contribution is -2.10. The zero-order chi connectivity index (χ0) is 36.4. The number of esters is 1. The van der Waals surface area contributed by atoms with Gasteiger partial charge in [0, 0.05) is 38.9 Å². The fourth-order valence-corrected chi connectivity index (χ4v) is 6.47. The fourth-order valence-electron chi connectivity index (χ4n) is 6.47. The molecule has 0 aliphatic rings. The van der Waals surface area contributed by atoms with Crippen LogP contribution in [0.15, 0.2) is 41.4 Å². The molecule has 0 aliphatic heterocycles. The van der Waals surface area contributed by atoms with E-state index < -0.39 is 0 Å². The van der Waals surface area contributed by atoms with Gasteiger partial charge in [0.25, 0.3) is 0 Å². The van der Waals surface area contributed by atoms with Crippen molar-refractivity contribution in [1.82, 2.24) is 0 Å². The van der Waals surface area contributed by atoms with Crippen LogP contribution in [0.1, 0.15) is 213 Å². The highest BCUT2D eigenvalue weighted by atomic mass is 16.5. The first-order valence-corrected chi connectivity index (χ1v) is 21.7. The third-order valence-corrected chi connectivity index (χ3v) is 9.77. The normalized spacial score (nSPS) is 12.6. The van der Waals surface area contributed by atoms with E-state index in [1.165, 1.54) is 141 Å². The Kier molecular flexibility index (Phi) is 39.6. The first-order chi connectivity index (χ1) is 24.7. The molecule has 0 N–H and O–H groups in total. The fraction of sp³-hybridized carbons (Fsp3) is 0.787. The third kappa shape index (κ3) is 37.2. The minimum absolute atomic E-state index is 0.0134. The van der Waals surface area contributed by atoms with Crippen LogP contribution in [0.5, 0.6) is 0 Å². The highest BCUT2D eigenvalue weighted by Gasteiger charge is 2.11. The van der Waals surface area contributed by atoms with Crippen molar-refractivity contribution in [3.63, 3.8) is 0 Å². The maximum atomic E-state index is 12.3. The van der Waals surface area contributed by atoms with Gasteiger partial charge in [-0.05, 0) is 69.6 Å². The molecule has 0 saturated heterocycles. The molecule has 50 heavy (non-hydrogen) atoms. The standard InChI is InChI=1S/C47H83NO2/c1-5-8-11-12-13-14-15-16-17-18-19-20-21-22-23-26-31-38-45(40-34-35-43-48-4)39-32-27-24-25-28-33-41-47(49)50-44-42-46(36-29-9-6-2)37-30-10-7-3/h16-17,26,31,34,40,43,45-46H,5-12,15,18-25,27-30,32-33,35-39,41-42,44H2,1-4H3/b17-16-,31-26+,40-34?,48-43-. The highest BCUT2D eigenvalue weighted by molar-refractivity contribution is 5.69. The van der Waals surface area contributed by atoms with E-state index in [2.05, 4.69) is 74.1 Å². The van der Waals surface area contributed by atoms with Crippen LogP contribution < -0.4 is 0 Å². The van der Waals surface area contributed by atoms with Gasteiger partial charge in [0.05, 0.1) is 6.61 Å². The van der Waals surface area contributed by atoms with Crippen molar-refractivity contribution in [1.29, 1.82) is 0 Å².